The van der Waals surface area contributed by atoms with Crippen molar-refractivity contribution in [3.05, 3.63) is 58.4 Å². The van der Waals surface area contributed by atoms with Gasteiger partial charge in [-0.25, -0.2) is 22.6 Å². The SMILES string of the molecule is CC(C)(C)c1csc(N[C@H]2CCCCC/C=C\[C@H]3C[C@@]3(C(=O)NS(=O)(=O)C3CC3)NC(=O)[C@@H]3C[C@@H](OC(=O)N4Cc5cccc(F)c5C4)CN3C2=O)n1. The first-order chi connectivity index (χ1) is 25.1. The van der Waals surface area contributed by atoms with Crippen molar-refractivity contribution in [2.24, 2.45) is 5.92 Å². The van der Waals surface area contributed by atoms with Gasteiger partial charge < -0.3 is 20.3 Å². The van der Waals surface area contributed by atoms with Gasteiger partial charge >= 0.3 is 6.09 Å². The highest BCUT2D eigenvalue weighted by Gasteiger charge is 2.62. The van der Waals surface area contributed by atoms with Gasteiger partial charge in [-0.05, 0) is 50.2 Å². The topological polar surface area (TPSA) is 167 Å². The van der Waals surface area contributed by atoms with Crippen molar-refractivity contribution < 1.29 is 36.7 Å². The lowest BCUT2D eigenvalue weighted by molar-refractivity contribution is -0.140. The Morgan fingerprint density at radius 1 is 1.11 bits per heavy atom. The van der Waals surface area contributed by atoms with Gasteiger partial charge in [0.25, 0.3) is 5.91 Å². The number of carbonyl (C=O) groups is 4. The summed E-state index contributed by atoms with van der Waals surface area (Å²) in [6.45, 7) is 6.28. The molecule has 286 valence electrons. The summed E-state index contributed by atoms with van der Waals surface area (Å²) >= 11 is 1.40. The highest BCUT2D eigenvalue weighted by Crippen LogP contribution is 2.46. The van der Waals surface area contributed by atoms with Crippen LogP contribution in [0.25, 0.3) is 0 Å². The number of fused-ring (bicyclic) bond motifs is 3. The summed E-state index contributed by atoms with van der Waals surface area (Å²) in [5.41, 5.74) is 0.272. The molecule has 5 atom stereocenters. The molecule has 1 saturated heterocycles. The highest BCUT2D eigenvalue weighted by molar-refractivity contribution is 7.91. The molecule has 3 N–H and O–H groups in total. The van der Waals surface area contributed by atoms with Crippen LogP contribution in [0.15, 0.2) is 35.7 Å². The second-order valence-corrected chi connectivity index (χ2v) is 18.8. The van der Waals surface area contributed by atoms with Crippen LogP contribution >= 0.6 is 11.3 Å². The Morgan fingerprint density at radius 3 is 2.62 bits per heavy atom. The average molecular weight is 771 g/mol. The average Bonchev–Trinajstić information content (AvgIpc) is 3.88. The first kappa shape index (κ1) is 37.3. The van der Waals surface area contributed by atoms with E-state index in [0.29, 0.717) is 35.5 Å². The molecule has 0 bridgehead atoms. The monoisotopic (exact) mass is 770 g/mol. The van der Waals surface area contributed by atoms with Gasteiger partial charge in [-0.3, -0.25) is 24.0 Å². The molecule has 0 spiro atoms. The molecule has 0 unspecified atom stereocenters. The molecule has 7 rings (SSSR count). The lowest BCUT2D eigenvalue weighted by Crippen LogP contribution is -2.57. The molecule has 2 aliphatic carbocycles. The molecule has 16 heteroatoms. The lowest BCUT2D eigenvalue weighted by atomic mass is 9.93. The van der Waals surface area contributed by atoms with Crippen molar-refractivity contribution in [1.82, 2.24) is 24.8 Å². The normalized spacial score (nSPS) is 28.5. The van der Waals surface area contributed by atoms with E-state index >= 15 is 0 Å². The molecular weight excluding hydrogens is 724 g/mol. The number of halogens is 1. The molecule has 53 heavy (non-hydrogen) atoms. The number of hydrogen-bond acceptors (Lipinski definition) is 10. The molecule has 1 aromatic heterocycles. The van der Waals surface area contributed by atoms with Crippen LogP contribution in [0.2, 0.25) is 0 Å². The number of benzene rings is 1. The number of nitrogens with zero attached hydrogens (tertiary/aromatic N) is 3. The van der Waals surface area contributed by atoms with Crippen LogP contribution in [0.5, 0.6) is 0 Å². The largest absolute Gasteiger partial charge is 0.444 e. The number of thiazole rings is 1. The molecule has 3 fully saturated rings. The van der Waals surface area contributed by atoms with Gasteiger partial charge in [-0.15, -0.1) is 11.3 Å². The minimum Gasteiger partial charge on any atom is -0.444 e. The maximum absolute atomic E-state index is 14.6. The van der Waals surface area contributed by atoms with E-state index in [2.05, 4.69) is 36.1 Å². The van der Waals surface area contributed by atoms with E-state index < -0.39 is 68.6 Å². The maximum Gasteiger partial charge on any atom is 0.410 e. The Morgan fingerprint density at radius 2 is 1.91 bits per heavy atom. The van der Waals surface area contributed by atoms with E-state index in [4.69, 9.17) is 9.72 Å². The van der Waals surface area contributed by atoms with Crippen LogP contribution in [0.4, 0.5) is 14.3 Å². The smallest absolute Gasteiger partial charge is 0.410 e. The zero-order valence-corrected chi connectivity index (χ0v) is 31.9. The molecule has 3 aliphatic heterocycles. The van der Waals surface area contributed by atoms with Crippen LogP contribution in [0, 0.1) is 11.7 Å². The molecular formula is C37H47FN6O7S2. The summed E-state index contributed by atoms with van der Waals surface area (Å²) in [4.78, 5) is 63.5. The minimum absolute atomic E-state index is 0.0345. The minimum atomic E-state index is -3.89. The van der Waals surface area contributed by atoms with Crippen molar-refractivity contribution >= 4 is 50.3 Å². The van der Waals surface area contributed by atoms with E-state index in [1.54, 1.807) is 12.1 Å². The van der Waals surface area contributed by atoms with E-state index in [0.717, 1.165) is 31.4 Å². The first-order valence-electron chi connectivity index (χ1n) is 18.4. The predicted octanol–water partition coefficient (Wildman–Crippen LogP) is 4.49. The Bertz CT molecular complexity index is 1920. The van der Waals surface area contributed by atoms with Crippen LogP contribution < -0.4 is 15.4 Å². The predicted molar refractivity (Wildman–Crippen MR) is 196 cm³/mol. The lowest BCUT2D eigenvalue weighted by Gasteiger charge is -2.30. The number of anilines is 1. The van der Waals surface area contributed by atoms with Crippen LogP contribution in [-0.4, -0.2) is 82.5 Å². The van der Waals surface area contributed by atoms with Gasteiger partial charge in [0.1, 0.15) is 29.5 Å². The van der Waals surface area contributed by atoms with Gasteiger partial charge in [0.05, 0.1) is 24.0 Å². The molecule has 13 nitrogen and oxygen atoms in total. The number of amides is 4. The van der Waals surface area contributed by atoms with Crippen LogP contribution in [0.1, 0.15) is 95.4 Å². The van der Waals surface area contributed by atoms with Gasteiger partial charge in [0.15, 0.2) is 5.13 Å². The third kappa shape index (κ3) is 7.94. The molecule has 0 radical (unpaired) electrons. The Hall–Kier alpha value is -4.05. The molecule has 4 heterocycles. The van der Waals surface area contributed by atoms with Gasteiger partial charge in [0, 0.05) is 35.2 Å². The fourth-order valence-corrected chi connectivity index (χ4v) is 9.76. The second kappa shape index (κ2) is 14.3. The Balaban J connectivity index is 1.15. The molecule has 4 amide bonds. The zero-order chi connectivity index (χ0) is 37.7. The molecule has 5 aliphatic rings. The summed E-state index contributed by atoms with van der Waals surface area (Å²) in [5, 5.41) is 8.09. The zero-order valence-electron chi connectivity index (χ0n) is 30.2. The summed E-state index contributed by atoms with van der Waals surface area (Å²) in [7, 11) is -3.89. The maximum atomic E-state index is 14.6. The van der Waals surface area contributed by atoms with Crippen molar-refractivity contribution in [2.45, 2.75) is 126 Å². The van der Waals surface area contributed by atoms with E-state index in [1.807, 2.05) is 17.5 Å². The summed E-state index contributed by atoms with van der Waals surface area (Å²) in [6, 6.07) is 2.81. The fraction of sp³-hybridized carbons (Fsp3) is 0.595. The number of rotatable bonds is 6. The quantitative estimate of drug-likeness (QED) is 0.359. The molecule has 2 aromatic rings. The summed E-state index contributed by atoms with van der Waals surface area (Å²) in [6.07, 6.45) is 6.94. The number of allylic oxidation sites excluding steroid dienone is 1. The number of aromatic nitrogens is 1. The molecule has 1 aromatic carbocycles. The van der Waals surface area contributed by atoms with E-state index in [9.17, 15) is 32.0 Å². The van der Waals surface area contributed by atoms with Crippen LogP contribution in [-0.2, 0) is 47.6 Å². The third-order valence-electron chi connectivity index (χ3n) is 10.9. The summed E-state index contributed by atoms with van der Waals surface area (Å²) < 4.78 is 48.2. The van der Waals surface area contributed by atoms with Gasteiger partial charge in [-0.1, -0.05) is 57.9 Å². The van der Waals surface area contributed by atoms with Gasteiger partial charge in [0.2, 0.25) is 21.8 Å². The van der Waals surface area contributed by atoms with Crippen molar-refractivity contribution in [3.8, 4) is 0 Å². The number of hydrogen-bond donors (Lipinski definition) is 3. The summed E-state index contributed by atoms with van der Waals surface area (Å²) in [5.74, 6) is -2.65. The van der Waals surface area contributed by atoms with E-state index in [1.165, 1.54) is 27.2 Å². The van der Waals surface area contributed by atoms with Crippen molar-refractivity contribution in [2.75, 3.05) is 11.9 Å². The molecule has 2 saturated carbocycles. The standard InChI is InChI=1S/C37H47FN6O7S2/c1-36(2,3)30-21-52-34(40-30)39-28-13-8-6-4-5-7-11-23-17-37(23,33(47)42-53(49,50)25-14-15-25)41-31(45)29-16-24(19-44(29)32(28)46)51-35(48)43-18-22-10-9-12-27(38)26(22)20-43/h7,9-12,21,23-25,28-29H,4-6,8,13-20H2,1-3H3,(H,39,40)(H,41,45)(H,42,47)/b11-7-/t23-,24+,28-,29-,37+/m0/s1. The second-order valence-electron chi connectivity index (χ2n) is 16.0. The van der Waals surface area contributed by atoms with Gasteiger partial charge in [-0.2, -0.15) is 0 Å². The third-order valence-corrected chi connectivity index (χ3v) is 13.5. The number of carbonyl (C=O) groups excluding carboxylic acids is 4. The fourth-order valence-electron chi connectivity index (χ4n) is 7.41. The first-order valence-corrected chi connectivity index (χ1v) is 20.9. The Labute approximate surface area is 313 Å². The van der Waals surface area contributed by atoms with Crippen molar-refractivity contribution in [3.63, 3.8) is 0 Å². The number of ether oxygens (including phenoxy) is 1. The van der Waals surface area contributed by atoms with Crippen molar-refractivity contribution in [1.29, 1.82) is 0 Å². The number of nitrogens with one attached hydrogen (secondary N) is 3. The highest BCUT2D eigenvalue weighted by atomic mass is 32.2. The number of sulfonamides is 1. The van der Waals surface area contributed by atoms with Crippen LogP contribution in [0.3, 0.4) is 0 Å². The van der Waals surface area contributed by atoms with E-state index in [-0.39, 0.29) is 43.8 Å². The Kier molecular flexibility index (Phi) is 10.1.